The second-order valence-corrected chi connectivity index (χ2v) is 6.11. The number of aromatic nitrogens is 1. The second-order valence-electron chi connectivity index (χ2n) is 5.73. The zero-order valence-electron chi connectivity index (χ0n) is 12.8. The van der Waals surface area contributed by atoms with Crippen LogP contribution in [0, 0.1) is 13.8 Å². The van der Waals surface area contributed by atoms with Crippen molar-refractivity contribution in [1.29, 1.82) is 0 Å². The van der Waals surface area contributed by atoms with E-state index in [2.05, 4.69) is 72.1 Å². The van der Waals surface area contributed by atoms with Gasteiger partial charge >= 0.3 is 0 Å². The zero-order chi connectivity index (χ0) is 15.0. The average Bonchev–Trinajstić information content (AvgIpc) is 2.92. The van der Waals surface area contributed by atoms with Crippen LogP contribution in [0.2, 0.25) is 0 Å². The first kappa shape index (κ1) is 14.1. The number of rotatable bonds is 1. The standard InChI is InChI=1S/C17H21N3S/c1-12-6-7-15(11-13(12)2)18-17(21)20-10-9-19-8-4-5-16(19)14(20)3/h4-8,11,14H,9-10H2,1-3H3,(H,18,21). The molecule has 0 radical (unpaired) electrons. The first-order chi connectivity index (χ1) is 10.1. The van der Waals surface area contributed by atoms with Crippen molar-refractivity contribution in [2.75, 3.05) is 11.9 Å². The molecule has 1 aromatic carbocycles. The third-order valence-electron chi connectivity index (χ3n) is 4.36. The summed E-state index contributed by atoms with van der Waals surface area (Å²) in [6.07, 6.45) is 2.14. The number of hydrogen-bond donors (Lipinski definition) is 1. The van der Waals surface area contributed by atoms with E-state index < -0.39 is 0 Å². The Bertz CT molecular complexity index is 674. The first-order valence-electron chi connectivity index (χ1n) is 7.36. The molecule has 110 valence electrons. The maximum atomic E-state index is 5.62. The number of thiocarbonyl (C=S) groups is 1. The zero-order valence-corrected chi connectivity index (χ0v) is 13.6. The SMILES string of the molecule is Cc1ccc(NC(=S)N2CCn3cccc3C2C)cc1C. The molecule has 4 heteroatoms. The van der Waals surface area contributed by atoms with E-state index in [1.54, 1.807) is 0 Å². The lowest BCUT2D eigenvalue weighted by molar-refractivity contribution is 0.276. The van der Waals surface area contributed by atoms with Gasteiger partial charge in [0.1, 0.15) is 0 Å². The molecule has 1 aliphatic heterocycles. The smallest absolute Gasteiger partial charge is 0.174 e. The van der Waals surface area contributed by atoms with Crippen molar-refractivity contribution in [1.82, 2.24) is 9.47 Å². The Morgan fingerprint density at radius 3 is 2.76 bits per heavy atom. The number of hydrogen-bond acceptors (Lipinski definition) is 1. The molecule has 1 unspecified atom stereocenters. The molecule has 2 aromatic rings. The number of benzene rings is 1. The lowest BCUT2D eigenvalue weighted by Gasteiger charge is -2.36. The van der Waals surface area contributed by atoms with E-state index in [4.69, 9.17) is 12.2 Å². The minimum absolute atomic E-state index is 0.306. The van der Waals surface area contributed by atoms with E-state index in [1.165, 1.54) is 16.8 Å². The summed E-state index contributed by atoms with van der Waals surface area (Å²) in [6, 6.07) is 11.0. The van der Waals surface area contributed by atoms with E-state index in [1.807, 2.05) is 0 Å². The molecular weight excluding hydrogens is 278 g/mol. The van der Waals surface area contributed by atoms with Crippen LogP contribution in [0.1, 0.15) is 29.8 Å². The van der Waals surface area contributed by atoms with Crippen LogP contribution in [-0.2, 0) is 6.54 Å². The molecule has 3 rings (SSSR count). The highest BCUT2D eigenvalue weighted by atomic mass is 32.1. The summed E-state index contributed by atoms with van der Waals surface area (Å²) in [7, 11) is 0. The van der Waals surface area contributed by atoms with E-state index in [0.29, 0.717) is 6.04 Å². The van der Waals surface area contributed by atoms with Crippen molar-refractivity contribution < 1.29 is 0 Å². The van der Waals surface area contributed by atoms with Gasteiger partial charge < -0.3 is 14.8 Å². The molecule has 0 aliphatic carbocycles. The Kier molecular flexibility index (Phi) is 3.72. The highest BCUT2D eigenvalue weighted by molar-refractivity contribution is 7.80. The molecule has 1 atom stereocenters. The van der Waals surface area contributed by atoms with Crippen molar-refractivity contribution in [2.24, 2.45) is 0 Å². The minimum atomic E-state index is 0.306. The molecule has 0 saturated carbocycles. The van der Waals surface area contributed by atoms with E-state index in [9.17, 15) is 0 Å². The van der Waals surface area contributed by atoms with Gasteiger partial charge in [-0.05, 0) is 68.4 Å². The minimum Gasteiger partial charge on any atom is -0.348 e. The highest BCUT2D eigenvalue weighted by Gasteiger charge is 2.25. The predicted molar refractivity (Wildman–Crippen MR) is 91.7 cm³/mol. The fraction of sp³-hybridized carbons (Fsp3) is 0.353. The topological polar surface area (TPSA) is 20.2 Å². The van der Waals surface area contributed by atoms with E-state index >= 15 is 0 Å². The van der Waals surface area contributed by atoms with Crippen LogP contribution < -0.4 is 5.32 Å². The predicted octanol–water partition coefficient (Wildman–Crippen LogP) is 3.88. The molecule has 2 heterocycles. The Balaban J connectivity index is 1.75. The van der Waals surface area contributed by atoms with Crippen LogP contribution in [0.25, 0.3) is 0 Å². The maximum Gasteiger partial charge on any atom is 0.174 e. The van der Waals surface area contributed by atoms with Gasteiger partial charge in [-0.2, -0.15) is 0 Å². The second kappa shape index (κ2) is 5.53. The maximum absolute atomic E-state index is 5.62. The molecule has 21 heavy (non-hydrogen) atoms. The number of fused-ring (bicyclic) bond motifs is 1. The quantitative estimate of drug-likeness (QED) is 0.807. The van der Waals surface area contributed by atoms with Crippen LogP contribution in [-0.4, -0.2) is 21.1 Å². The van der Waals surface area contributed by atoms with Crippen molar-refractivity contribution in [2.45, 2.75) is 33.4 Å². The summed E-state index contributed by atoms with van der Waals surface area (Å²) in [6.45, 7) is 8.39. The molecule has 1 N–H and O–H groups in total. The van der Waals surface area contributed by atoms with Crippen LogP contribution in [0.15, 0.2) is 36.5 Å². The number of aryl methyl sites for hydroxylation is 2. The Labute approximate surface area is 131 Å². The van der Waals surface area contributed by atoms with Gasteiger partial charge in [-0.25, -0.2) is 0 Å². The van der Waals surface area contributed by atoms with Gasteiger partial charge in [0.25, 0.3) is 0 Å². The van der Waals surface area contributed by atoms with E-state index in [0.717, 1.165) is 23.9 Å². The van der Waals surface area contributed by atoms with Crippen molar-refractivity contribution in [3.8, 4) is 0 Å². The lowest BCUT2D eigenvalue weighted by atomic mass is 10.1. The van der Waals surface area contributed by atoms with Gasteiger partial charge in [-0.15, -0.1) is 0 Å². The molecule has 0 amide bonds. The summed E-state index contributed by atoms with van der Waals surface area (Å²) in [5.41, 5.74) is 4.97. The molecule has 0 fully saturated rings. The fourth-order valence-corrected chi connectivity index (χ4v) is 3.24. The summed E-state index contributed by atoms with van der Waals surface area (Å²) in [5, 5.41) is 4.19. The van der Waals surface area contributed by atoms with Gasteiger partial charge in [0.05, 0.1) is 6.04 Å². The normalized spacial score (nSPS) is 17.5. The fourth-order valence-electron chi connectivity index (χ4n) is 2.87. The van der Waals surface area contributed by atoms with Gasteiger partial charge in [0, 0.05) is 30.7 Å². The number of nitrogens with one attached hydrogen (secondary N) is 1. The van der Waals surface area contributed by atoms with Crippen LogP contribution in [0.3, 0.4) is 0 Å². The van der Waals surface area contributed by atoms with Gasteiger partial charge in [0.15, 0.2) is 5.11 Å². The lowest BCUT2D eigenvalue weighted by Crippen LogP contribution is -2.42. The largest absolute Gasteiger partial charge is 0.348 e. The Morgan fingerprint density at radius 1 is 1.19 bits per heavy atom. The van der Waals surface area contributed by atoms with Crippen LogP contribution in [0.5, 0.6) is 0 Å². The molecule has 0 saturated heterocycles. The first-order valence-corrected chi connectivity index (χ1v) is 7.77. The molecule has 3 nitrogen and oxygen atoms in total. The summed E-state index contributed by atoms with van der Waals surface area (Å²) >= 11 is 5.62. The van der Waals surface area contributed by atoms with Gasteiger partial charge in [-0.3, -0.25) is 0 Å². The van der Waals surface area contributed by atoms with Gasteiger partial charge in [-0.1, -0.05) is 6.07 Å². The number of anilines is 1. The third-order valence-corrected chi connectivity index (χ3v) is 4.70. The number of nitrogens with zero attached hydrogens (tertiary/aromatic N) is 2. The van der Waals surface area contributed by atoms with Crippen LogP contribution >= 0.6 is 12.2 Å². The average molecular weight is 299 g/mol. The molecule has 1 aromatic heterocycles. The Hall–Kier alpha value is -1.81. The summed E-state index contributed by atoms with van der Waals surface area (Å²) in [5.74, 6) is 0. The van der Waals surface area contributed by atoms with Crippen molar-refractivity contribution in [3.63, 3.8) is 0 Å². The van der Waals surface area contributed by atoms with Gasteiger partial charge in [0.2, 0.25) is 0 Å². The molecule has 0 bridgehead atoms. The summed E-state index contributed by atoms with van der Waals surface area (Å²) in [4.78, 5) is 2.26. The molecule has 1 aliphatic rings. The summed E-state index contributed by atoms with van der Waals surface area (Å²) < 4.78 is 2.31. The van der Waals surface area contributed by atoms with Crippen LogP contribution in [0.4, 0.5) is 5.69 Å². The van der Waals surface area contributed by atoms with E-state index in [-0.39, 0.29) is 0 Å². The monoisotopic (exact) mass is 299 g/mol. The molecular formula is C17H21N3S. The Morgan fingerprint density at radius 2 is 2.00 bits per heavy atom. The third kappa shape index (κ3) is 2.68. The molecule has 0 spiro atoms. The van der Waals surface area contributed by atoms with Crippen molar-refractivity contribution >= 4 is 23.0 Å². The van der Waals surface area contributed by atoms with Crippen molar-refractivity contribution in [3.05, 3.63) is 53.3 Å². The highest BCUT2D eigenvalue weighted by Crippen LogP contribution is 2.26.